The molecule has 1 aromatic carbocycles. The first kappa shape index (κ1) is 9.95. The summed E-state index contributed by atoms with van der Waals surface area (Å²) < 4.78 is 5.09. The van der Waals surface area contributed by atoms with Gasteiger partial charge in [-0.3, -0.25) is 0 Å². The van der Waals surface area contributed by atoms with Crippen molar-refractivity contribution in [3.8, 4) is 5.75 Å². The van der Waals surface area contributed by atoms with Crippen LogP contribution in [0, 0.1) is 0 Å². The van der Waals surface area contributed by atoms with Gasteiger partial charge in [0, 0.05) is 6.07 Å². The average Bonchev–Trinajstić information content (AvgIpc) is 2.70. The number of fused-ring (bicyclic) bond motifs is 1. The van der Waals surface area contributed by atoms with Crippen LogP contribution >= 0.6 is 0 Å². The summed E-state index contributed by atoms with van der Waals surface area (Å²) in [6.45, 7) is -0.128. The second kappa shape index (κ2) is 3.88. The summed E-state index contributed by atoms with van der Waals surface area (Å²) >= 11 is 0. The molecule has 0 aliphatic carbocycles. The molecule has 1 unspecified atom stereocenters. The molecule has 0 bridgehead atoms. The number of nitrogens with one attached hydrogen (secondary N) is 1. The molecule has 2 aromatic rings. The fourth-order valence-electron chi connectivity index (χ4n) is 1.40. The Hall–Kier alpha value is -1.59. The minimum Gasteiger partial charge on any atom is -0.497 e. The van der Waals surface area contributed by atoms with Crippen LogP contribution in [-0.2, 0) is 0 Å². The van der Waals surface area contributed by atoms with Crippen molar-refractivity contribution in [3.05, 3.63) is 24.0 Å². The molecule has 2 rings (SSSR count). The maximum atomic E-state index is 8.90. The van der Waals surface area contributed by atoms with Crippen molar-refractivity contribution in [2.45, 2.75) is 6.04 Å². The van der Waals surface area contributed by atoms with Gasteiger partial charge in [-0.15, -0.1) is 0 Å². The largest absolute Gasteiger partial charge is 0.497 e. The van der Waals surface area contributed by atoms with E-state index in [0.29, 0.717) is 5.82 Å². The third kappa shape index (κ3) is 1.79. The summed E-state index contributed by atoms with van der Waals surface area (Å²) in [7, 11) is 1.61. The first-order valence-electron chi connectivity index (χ1n) is 4.64. The number of nitrogens with two attached hydrogens (primary N) is 1. The number of rotatable bonds is 3. The van der Waals surface area contributed by atoms with Gasteiger partial charge in [0.2, 0.25) is 0 Å². The van der Waals surface area contributed by atoms with Gasteiger partial charge in [-0.1, -0.05) is 0 Å². The fourth-order valence-corrected chi connectivity index (χ4v) is 1.40. The summed E-state index contributed by atoms with van der Waals surface area (Å²) in [6.07, 6.45) is 0. The molecule has 5 heteroatoms. The van der Waals surface area contributed by atoms with Crippen LogP contribution < -0.4 is 10.5 Å². The minimum atomic E-state index is -0.469. The van der Waals surface area contributed by atoms with Crippen molar-refractivity contribution in [2.24, 2.45) is 5.73 Å². The topological polar surface area (TPSA) is 84.2 Å². The smallest absolute Gasteiger partial charge is 0.126 e. The molecule has 4 N–H and O–H groups in total. The van der Waals surface area contributed by atoms with E-state index in [9.17, 15) is 0 Å². The number of aliphatic hydroxyl groups excluding tert-OH is 1. The predicted octanol–water partition coefficient (Wildman–Crippen LogP) is 0.564. The summed E-state index contributed by atoms with van der Waals surface area (Å²) in [5.41, 5.74) is 7.32. The molecule has 0 aliphatic heterocycles. The van der Waals surface area contributed by atoms with Crippen molar-refractivity contribution in [1.82, 2.24) is 9.97 Å². The Morgan fingerprint density at radius 1 is 1.60 bits per heavy atom. The summed E-state index contributed by atoms with van der Waals surface area (Å²) in [6, 6.07) is 5.05. The maximum absolute atomic E-state index is 8.90. The number of methoxy groups -OCH3 is 1. The zero-order valence-corrected chi connectivity index (χ0v) is 8.40. The van der Waals surface area contributed by atoms with E-state index in [1.165, 1.54) is 0 Å². The Balaban J connectivity index is 2.46. The van der Waals surface area contributed by atoms with E-state index in [4.69, 9.17) is 15.6 Å². The van der Waals surface area contributed by atoms with Gasteiger partial charge < -0.3 is 20.6 Å². The number of aromatic amines is 1. The zero-order chi connectivity index (χ0) is 10.8. The summed E-state index contributed by atoms with van der Waals surface area (Å²) in [4.78, 5) is 7.31. The Bertz CT molecular complexity index is 467. The zero-order valence-electron chi connectivity index (χ0n) is 8.40. The number of ether oxygens (including phenoxy) is 1. The number of aromatic nitrogens is 2. The Morgan fingerprint density at radius 2 is 2.40 bits per heavy atom. The number of hydrogen-bond donors (Lipinski definition) is 3. The van der Waals surface area contributed by atoms with Gasteiger partial charge >= 0.3 is 0 Å². The molecule has 15 heavy (non-hydrogen) atoms. The predicted molar refractivity (Wildman–Crippen MR) is 56.7 cm³/mol. The highest BCUT2D eigenvalue weighted by atomic mass is 16.5. The lowest BCUT2D eigenvalue weighted by atomic mass is 10.3. The standard InChI is InChI=1S/C10H13N3O2/c1-15-6-2-3-8-9(4-6)13-10(12-8)7(11)5-14/h2-4,7,14H,5,11H2,1H3,(H,12,13). The van der Waals surface area contributed by atoms with Crippen LogP contribution in [0.3, 0.4) is 0 Å². The molecule has 5 nitrogen and oxygen atoms in total. The molecule has 1 heterocycles. The molecule has 80 valence electrons. The van der Waals surface area contributed by atoms with E-state index >= 15 is 0 Å². The Kier molecular flexibility index (Phi) is 2.57. The monoisotopic (exact) mass is 207 g/mol. The molecule has 1 atom stereocenters. The molecule has 0 saturated heterocycles. The van der Waals surface area contributed by atoms with E-state index in [-0.39, 0.29) is 6.61 Å². The Labute approximate surface area is 86.9 Å². The molecule has 0 radical (unpaired) electrons. The Morgan fingerprint density at radius 3 is 3.07 bits per heavy atom. The van der Waals surface area contributed by atoms with Crippen LogP contribution in [-0.4, -0.2) is 28.8 Å². The molecule has 0 aliphatic rings. The highest BCUT2D eigenvalue weighted by Crippen LogP contribution is 2.20. The van der Waals surface area contributed by atoms with Crippen LogP contribution in [0.5, 0.6) is 5.75 Å². The third-order valence-corrected chi connectivity index (χ3v) is 2.26. The average molecular weight is 207 g/mol. The lowest BCUT2D eigenvalue weighted by Gasteiger charge is -2.01. The van der Waals surface area contributed by atoms with Crippen molar-refractivity contribution in [3.63, 3.8) is 0 Å². The van der Waals surface area contributed by atoms with E-state index in [1.54, 1.807) is 7.11 Å². The van der Waals surface area contributed by atoms with Crippen LogP contribution in [0.1, 0.15) is 11.9 Å². The van der Waals surface area contributed by atoms with Crippen LogP contribution in [0.2, 0.25) is 0 Å². The molecule has 0 amide bonds. The third-order valence-electron chi connectivity index (χ3n) is 2.26. The highest BCUT2D eigenvalue weighted by Gasteiger charge is 2.10. The van der Waals surface area contributed by atoms with Crippen molar-refractivity contribution >= 4 is 11.0 Å². The number of hydrogen-bond acceptors (Lipinski definition) is 4. The number of H-pyrrole nitrogens is 1. The van der Waals surface area contributed by atoms with Crippen molar-refractivity contribution < 1.29 is 9.84 Å². The van der Waals surface area contributed by atoms with Crippen LogP contribution in [0.25, 0.3) is 11.0 Å². The number of benzene rings is 1. The van der Waals surface area contributed by atoms with Gasteiger partial charge in [-0.2, -0.15) is 0 Å². The van der Waals surface area contributed by atoms with Gasteiger partial charge in [0.25, 0.3) is 0 Å². The lowest BCUT2D eigenvalue weighted by Crippen LogP contribution is -2.15. The molecule has 0 fully saturated rings. The molecular formula is C10H13N3O2. The quantitative estimate of drug-likeness (QED) is 0.686. The SMILES string of the molecule is COc1ccc2nc(C(N)CO)[nH]c2c1. The number of aliphatic hydroxyl groups is 1. The van der Waals surface area contributed by atoms with Gasteiger partial charge in [0.15, 0.2) is 0 Å². The molecule has 1 aromatic heterocycles. The van der Waals surface area contributed by atoms with Gasteiger partial charge in [0.05, 0.1) is 30.8 Å². The fraction of sp³-hybridized carbons (Fsp3) is 0.300. The normalized spacial score (nSPS) is 13.0. The number of nitrogens with zero attached hydrogens (tertiary/aromatic N) is 1. The van der Waals surface area contributed by atoms with Crippen molar-refractivity contribution in [2.75, 3.05) is 13.7 Å². The maximum Gasteiger partial charge on any atom is 0.126 e. The first-order chi connectivity index (χ1) is 7.24. The van der Waals surface area contributed by atoms with Gasteiger partial charge in [0.1, 0.15) is 11.6 Å². The second-order valence-corrected chi connectivity index (χ2v) is 3.29. The van der Waals surface area contributed by atoms with Crippen LogP contribution in [0.15, 0.2) is 18.2 Å². The lowest BCUT2D eigenvalue weighted by molar-refractivity contribution is 0.264. The second-order valence-electron chi connectivity index (χ2n) is 3.29. The first-order valence-corrected chi connectivity index (χ1v) is 4.64. The molecule has 0 saturated carbocycles. The van der Waals surface area contributed by atoms with Crippen molar-refractivity contribution in [1.29, 1.82) is 0 Å². The minimum absolute atomic E-state index is 0.128. The van der Waals surface area contributed by atoms with E-state index in [2.05, 4.69) is 9.97 Å². The van der Waals surface area contributed by atoms with E-state index in [0.717, 1.165) is 16.8 Å². The molecule has 0 spiro atoms. The van der Waals surface area contributed by atoms with Gasteiger partial charge in [-0.25, -0.2) is 4.98 Å². The number of imidazole rings is 1. The van der Waals surface area contributed by atoms with E-state index < -0.39 is 6.04 Å². The summed E-state index contributed by atoms with van der Waals surface area (Å²) in [5.74, 6) is 1.34. The van der Waals surface area contributed by atoms with Crippen LogP contribution in [0.4, 0.5) is 0 Å². The van der Waals surface area contributed by atoms with Gasteiger partial charge in [-0.05, 0) is 12.1 Å². The summed E-state index contributed by atoms with van der Waals surface area (Å²) in [5, 5.41) is 8.90. The highest BCUT2D eigenvalue weighted by molar-refractivity contribution is 5.76. The molecular weight excluding hydrogens is 194 g/mol. The van der Waals surface area contributed by atoms with E-state index in [1.807, 2.05) is 18.2 Å².